The molecule has 0 unspecified atom stereocenters. The quantitative estimate of drug-likeness (QED) is 0.116. The third-order valence-corrected chi connectivity index (χ3v) is 9.96. The fourth-order valence-corrected chi connectivity index (χ4v) is 7.09. The van der Waals surface area contributed by atoms with E-state index in [0.29, 0.717) is 5.75 Å². The molecule has 0 radical (unpaired) electrons. The van der Waals surface area contributed by atoms with Crippen LogP contribution in [0.3, 0.4) is 0 Å². The SMILES string of the molecule is CCCCCCC[C@H]1CC[C@H](CCc2cnc(-c3ccc(OC(=O)[C@H]4CC[C@H](CCCCC)CC4)cc3)nc2)CC1. The summed E-state index contributed by atoms with van der Waals surface area (Å²) in [6.07, 6.45) is 30.0. The van der Waals surface area contributed by atoms with Crippen molar-refractivity contribution in [3.8, 4) is 17.1 Å². The smallest absolute Gasteiger partial charge is 0.314 e. The van der Waals surface area contributed by atoms with Crippen LogP contribution in [0.5, 0.6) is 5.75 Å². The topological polar surface area (TPSA) is 52.1 Å². The highest BCUT2D eigenvalue weighted by molar-refractivity contribution is 5.75. The number of aryl methyl sites for hydroxylation is 1. The van der Waals surface area contributed by atoms with Crippen molar-refractivity contribution in [1.29, 1.82) is 0 Å². The molecule has 0 N–H and O–H groups in total. The van der Waals surface area contributed by atoms with Crippen LogP contribution in [-0.2, 0) is 11.2 Å². The largest absolute Gasteiger partial charge is 0.426 e. The number of benzene rings is 1. The lowest BCUT2D eigenvalue weighted by molar-refractivity contribution is -0.140. The summed E-state index contributed by atoms with van der Waals surface area (Å²) in [6.45, 7) is 4.55. The molecule has 0 aliphatic heterocycles. The molecule has 1 heterocycles. The van der Waals surface area contributed by atoms with Crippen LogP contribution in [0.25, 0.3) is 11.4 Å². The third kappa shape index (κ3) is 10.8. The zero-order valence-corrected chi connectivity index (χ0v) is 26.1. The molecule has 4 nitrogen and oxygen atoms in total. The lowest BCUT2D eigenvalue weighted by Crippen LogP contribution is -2.25. The Hall–Kier alpha value is -2.23. The average molecular weight is 561 g/mol. The van der Waals surface area contributed by atoms with Gasteiger partial charge in [0.05, 0.1) is 5.92 Å². The second kappa shape index (κ2) is 17.7. The first kappa shape index (κ1) is 31.7. The standard InChI is InChI=1S/C37H56N2O2/c1-3-5-7-8-10-12-29-13-15-31(16-14-29)17-18-32-27-38-36(39-28-32)33-23-25-35(26-24-33)41-37(40)34-21-19-30(20-22-34)11-9-6-4-2/h23-31,34H,3-22H2,1-2H3/t29-,30-,31-,34-. The summed E-state index contributed by atoms with van der Waals surface area (Å²) in [5.41, 5.74) is 2.19. The van der Waals surface area contributed by atoms with Crippen LogP contribution in [0.1, 0.15) is 141 Å². The van der Waals surface area contributed by atoms with E-state index in [2.05, 4.69) is 23.8 Å². The van der Waals surface area contributed by atoms with Gasteiger partial charge in [-0.25, -0.2) is 9.97 Å². The van der Waals surface area contributed by atoms with Crippen molar-refractivity contribution in [2.75, 3.05) is 0 Å². The maximum absolute atomic E-state index is 12.7. The summed E-state index contributed by atoms with van der Waals surface area (Å²) < 4.78 is 5.75. The number of carbonyl (C=O) groups excluding carboxylic acids is 1. The van der Waals surface area contributed by atoms with E-state index < -0.39 is 0 Å². The van der Waals surface area contributed by atoms with Crippen molar-refractivity contribution < 1.29 is 9.53 Å². The maximum atomic E-state index is 12.7. The molecule has 226 valence electrons. The summed E-state index contributed by atoms with van der Waals surface area (Å²) in [5.74, 6) is 3.96. The van der Waals surface area contributed by atoms with Gasteiger partial charge in [-0.15, -0.1) is 0 Å². The van der Waals surface area contributed by atoms with Gasteiger partial charge in [0.25, 0.3) is 0 Å². The second-order valence-electron chi connectivity index (χ2n) is 13.2. The summed E-state index contributed by atoms with van der Waals surface area (Å²) in [5, 5.41) is 0. The lowest BCUT2D eigenvalue weighted by Gasteiger charge is -2.28. The van der Waals surface area contributed by atoms with E-state index >= 15 is 0 Å². The minimum atomic E-state index is -0.0683. The van der Waals surface area contributed by atoms with Crippen molar-refractivity contribution in [3.05, 3.63) is 42.2 Å². The molecule has 41 heavy (non-hydrogen) atoms. The van der Waals surface area contributed by atoms with E-state index in [0.717, 1.165) is 61.2 Å². The van der Waals surface area contributed by atoms with E-state index in [-0.39, 0.29) is 11.9 Å². The van der Waals surface area contributed by atoms with Gasteiger partial charge in [0.2, 0.25) is 0 Å². The van der Waals surface area contributed by atoms with Crippen LogP contribution in [0.2, 0.25) is 0 Å². The highest BCUT2D eigenvalue weighted by Gasteiger charge is 2.27. The molecule has 0 bridgehead atoms. The molecular weight excluding hydrogens is 504 g/mol. The lowest BCUT2D eigenvalue weighted by atomic mass is 9.78. The van der Waals surface area contributed by atoms with Gasteiger partial charge in [0.1, 0.15) is 5.75 Å². The molecule has 1 aromatic carbocycles. The Kier molecular flexibility index (Phi) is 13.7. The highest BCUT2D eigenvalue weighted by atomic mass is 16.5. The molecule has 2 fully saturated rings. The number of hydrogen-bond donors (Lipinski definition) is 0. The van der Waals surface area contributed by atoms with E-state index in [9.17, 15) is 4.79 Å². The normalized spacial score (nSPS) is 22.9. The van der Waals surface area contributed by atoms with Crippen molar-refractivity contribution in [3.63, 3.8) is 0 Å². The molecule has 0 amide bonds. The van der Waals surface area contributed by atoms with Crippen LogP contribution in [-0.4, -0.2) is 15.9 Å². The molecular formula is C37H56N2O2. The van der Waals surface area contributed by atoms with E-state index in [1.807, 2.05) is 36.7 Å². The van der Waals surface area contributed by atoms with Gasteiger partial charge < -0.3 is 4.74 Å². The summed E-state index contributed by atoms with van der Waals surface area (Å²) in [7, 11) is 0. The number of nitrogens with zero attached hydrogens (tertiary/aromatic N) is 2. The van der Waals surface area contributed by atoms with Crippen LogP contribution in [0.4, 0.5) is 0 Å². The molecule has 2 saturated carbocycles. The average Bonchev–Trinajstić information content (AvgIpc) is 3.02. The van der Waals surface area contributed by atoms with Gasteiger partial charge >= 0.3 is 5.97 Å². The predicted molar refractivity (Wildman–Crippen MR) is 170 cm³/mol. The summed E-state index contributed by atoms with van der Waals surface area (Å²) >= 11 is 0. The summed E-state index contributed by atoms with van der Waals surface area (Å²) in [4.78, 5) is 22.1. The third-order valence-electron chi connectivity index (χ3n) is 9.96. The van der Waals surface area contributed by atoms with E-state index in [1.165, 1.54) is 102 Å². The molecule has 4 heteroatoms. The Bertz CT molecular complexity index is 987. The van der Waals surface area contributed by atoms with E-state index in [1.54, 1.807) is 0 Å². The number of hydrogen-bond acceptors (Lipinski definition) is 4. The van der Waals surface area contributed by atoms with Gasteiger partial charge in [-0.3, -0.25) is 4.79 Å². The Morgan fingerprint density at radius 3 is 1.80 bits per heavy atom. The Morgan fingerprint density at radius 2 is 1.20 bits per heavy atom. The maximum Gasteiger partial charge on any atom is 0.314 e. The second-order valence-corrected chi connectivity index (χ2v) is 13.2. The van der Waals surface area contributed by atoms with E-state index in [4.69, 9.17) is 4.74 Å². The molecule has 2 aromatic rings. The van der Waals surface area contributed by atoms with Crippen LogP contribution >= 0.6 is 0 Å². The first-order valence-electron chi connectivity index (χ1n) is 17.3. The number of unbranched alkanes of at least 4 members (excludes halogenated alkanes) is 6. The molecule has 1 aromatic heterocycles. The number of ether oxygens (including phenoxy) is 1. The van der Waals surface area contributed by atoms with Crippen molar-refractivity contribution in [2.24, 2.45) is 23.7 Å². The minimum absolute atomic E-state index is 0.0448. The molecule has 0 saturated heterocycles. The Morgan fingerprint density at radius 1 is 0.683 bits per heavy atom. The van der Waals surface area contributed by atoms with Crippen LogP contribution < -0.4 is 4.74 Å². The highest BCUT2D eigenvalue weighted by Crippen LogP contribution is 2.35. The van der Waals surface area contributed by atoms with Gasteiger partial charge in [0, 0.05) is 18.0 Å². The van der Waals surface area contributed by atoms with Gasteiger partial charge in [-0.05, 0) is 86.1 Å². The van der Waals surface area contributed by atoms with Gasteiger partial charge in [-0.1, -0.05) is 104 Å². The Balaban J connectivity index is 1.14. The number of rotatable bonds is 16. The molecule has 0 atom stereocenters. The van der Waals surface area contributed by atoms with Crippen molar-refractivity contribution >= 4 is 5.97 Å². The fourth-order valence-electron chi connectivity index (χ4n) is 7.09. The first-order chi connectivity index (χ1) is 20.1. The predicted octanol–water partition coefficient (Wildman–Crippen LogP) is 10.5. The van der Waals surface area contributed by atoms with Crippen molar-refractivity contribution in [1.82, 2.24) is 9.97 Å². The van der Waals surface area contributed by atoms with Crippen molar-refractivity contribution in [2.45, 2.75) is 142 Å². The molecule has 2 aliphatic rings. The molecule has 0 spiro atoms. The van der Waals surface area contributed by atoms with Crippen LogP contribution in [0, 0.1) is 23.7 Å². The number of aromatic nitrogens is 2. The monoisotopic (exact) mass is 560 g/mol. The number of esters is 1. The Labute approximate surface area is 250 Å². The fraction of sp³-hybridized carbons (Fsp3) is 0.703. The van der Waals surface area contributed by atoms with Crippen LogP contribution in [0.15, 0.2) is 36.7 Å². The molecule has 4 rings (SSSR count). The zero-order chi connectivity index (χ0) is 28.7. The number of carbonyl (C=O) groups is 1. The van der Waals surface area contributed by atoms with Gasteiger partial charge in [0.15, 0.2) is 5.82 Å². The molecule has 2 aliphatic carbocycles. The zero-order valence-electron chi connectivity index (χ0n) is 26.1. The summed E-state index contributed by atoms with van der Waals surface area (Å²) in [6, 6.07) is 7.68. The van der Waals surface area contributed by atoms with Gasteiger partial charge in [-0.2, -0.15) is 0 Å². The minimum Gasteiger partial charge on any atom is -0.426 e. The first-order valence-corrected chi connectivity index (χ1v) is 17.3.